The Kier molecular flexibility index (Phi) is 5.03. The van der Waals surface area contributed by atoms with Crippen LogP contribution in [0.1, 0.15) is 35.7 Å². The number of halogens is 1. The van der Waals surface area contributed by atoms with E-state index in [9.17, 15) is 0 Å². The summed E-state index contributed by atoms with van der Waals surface area (Å²) in [5, 5.41) is 3.71. The maximum atomic E-state index is 3.71. The maximum absolute atomic E-state index is 3.71. The molecule has 1 aliphatic rings. The van der Waals surface area contributed by atoms with E-state index >= 15 is 0 Å². The molecule has 0 spiro atoms. The van der Waals surface area contributed by atoms with Crippen LogP contribution in [-0.4, -0.2) is 32.1 Å². The van der Waals surface area contributed by atoms with E-state index in [1.165, 1.54) is 41.6 Å². The highest BCUT2D eigenvalue weighted by atomic mass is 79.9. The molecule has 0 bridgehead atoms. The summed E-state index contributed by atoms with van der Waals surface area (Å²) >= 11 is 5.51. The second-order valence-corrected chi connectivity index (χ2v) is 7.50. The molecule has 1 aromatic rings. The van der Waals surface area contributed by atoms with Crippen molar-refractivity contribution in [1.29, 1.82) is 0 Å². The Morgan fingerprint density at radius 2 is 2.35 bits per heavy atom. The monoisotopic (exact) mass is 316 g/mol. The highest BCUT2D eigenvalue weighted by Crippen LogP contribution is 2.37. The van der Waals surface area contributed by atoms with E-state index in [-0.39, 0.29) is 0 Å². The van der Waals surface area contributed by atoms with Crippen molar-refractivity contribution in [2.45, 2.75) is 31.7 Å². The van der Waals surface area contributed by atoms with Crippen molar-refractivity contribution in [2.75, 3.05) is 27.2 Å². The van der Waals surface area contributed by atoms with E-state index in [2.05, 4.69) is 46.3 Å². The molecule has 0 radical (unpaired) electrons. The molecular formula is C13H21BrN2S. The summed E-state index contributed by atoms with van der Waals surface area (Å²) in [6.07, 6.45) is 5.11. The molecule has 1 atom stereocenters. The fraction of sp³-hybridized carbons (Fsp3) is 0.692. The molecule has 0 aliphatic heterocycles. The van der Waals surface area contributed by atoms with Crippen LogP contribution in [0.25, 0.3) is 0 Å². The number of nitrogens with zero attached hydrogens (tertiary/aromatic N) is 1. The molecule has 1 unspecified atom stereocenters. The highest BCUT2D eigenvalue weighted by Gasteiger charge is 2.21. The maximum Gasteiger partial charge on any atom is 0.0704 e. The normalized spacial score (nSPS) is 19.6. The number of thiophene rings is 1. The Morgan fingerprint density at radius 3 is 3.12 bits per heavy atom. The zero-order valence-corrected chi connectivity index (χ0v) is 13.0. The number of rotatable bonds is 5. The van der Waals surface area contributed by atoms with Gasteiger partial charge in [-0.2, -0.15) is 0 Å². The molecule has 2 rings (SSSR count). The van der Waals surface area contributed by atoms with Crippen LogP contribution < -0.4 is 5.32 Å². The fourth-order valence-corrected chi connectivity index (χ4v) is 4.22. The number of hydrogen-bond donors (Lipinski definition) is 1. The Bertz CT molecular complexity index is 362. The van der Waals surface area contributed by atoms with E-state index in [0.29, 0.717) is 6.04 Å². The number of hydrogen-bond acceptors (Lipinski definition) is 3. The average molecular weight is 317 g/mol. The van der Waals surface area contributed by atoms with Crippen molar-refractivity contribution in [1.82, 2.24) is 10.2 Å². The summed E-state index contributed by atoms with van der Waals surface area (Å²) in [4.78, 5) is 3.82. The Labute approximate surface area is 117 Å². The quantitative estimate of drug-likeness (QED) is 0.837. The van der Waals surface area contributed by atoms with Gasteiger partial charge in [0, 0.05) is 10.9 Å². The summed E-state index contributed by atoms with van der Waals surface area (Å²) in [6.45, 7) is 2.29. The van der Waals surface area contributed by atoms with E-state index in [1.807, 2.05) is 11.3 Å². The SMILES string of the molecule is CN(C)CCCNC1CCCc2sc(Br)cc21. The van der Waals surface area contributed by atoms with Gasteiger partial charge in [-0.3, -0.25) is 0 Å². The van der Waals surface area contributed by atoms with Gasteiger partial charge >= 0.3 is 0 Å². The average Bonchev–Trinajstić information content (AvgIpc) is 2.65. The summed E-state index contributed by atoms with van der Waals surface area (Å²) in [5.41, 5.74) is 1.54. The molecule has 4 heteroatoms. The molecule has 1 heterocycles. The van der Waals surface area contributed by atoms with Crippen molar-refractivity contribution < 1.29 is 0 Å². The lowest BCUT2D eigenvalue weighted by Gasteiger charge is -2.24. The standard InChI is InChI=1S/C13H21BrN2S/c1-16(2)8-4-7-15-11-5-3-6-12-10(11)9-13(14)17-12/h9,11,15H,3-8H2,1-2H3. The summed E-state index contributed by atoms with van der Waals surface area (Å²) in [6, 6.07) is 2.89. The van der Waals surface area contributed by atoms with Crippen LogP contribution in [0.3, 0.4) is 0 Å². The van der Waals surface area contributed by atoms with Gasteiger partial charge in [-0.25, -0.2) is 0 Å². The van der Waals surface area contributed by atoms with E-state index < -0.39 is 0 Å². The van der Waals surface area contributed by atoms with Gasteiger partial charge in [0.25, 0.3) is 0 Å². The minimum atomic E-state index is 0.587. The Morgan fingerprint density at radius 1 is 1.53 bits per heavy atom. The predicted molar refractivity (Wildman–Crippen MR) is 78.9 cm³/mol. The second kappa shape index (κ2) is 6.32. The van der Waals surface area contributed by atoms with Gasteiger partial charge < -0.3 is 10.2 Å². The first-order chi connectivity index (χ1) is 8.16. The van der Waals surface area contributed by atoms with Crippen LogP contribution in [-0.2, 0) is 6.42 Å². The van der Waals surface area contributed by atoms with Crippen LogP contribution in [0.2, 0.25) is 0 Å². The number of aryl methyl sites for hydroxylation is 1. The lowest BCUT2D eigenvalue weighted by atomic mass is 9.94. The van der Waals surface area contributed by atoms with Crippen molar-refractivity contribution in [2.24, 2.45) is 0 Å². The van der Waals surface area contributed by atoms with Crippen LogP contribution in [0, 0.1) is 0 Å². The number of nitrogens with one attached hydrogen (secondary N) is 1. The Hall–Kier alpha value is 0.100. The molecule has 0 saturated heterocycles. The molecule has 0 amide bonds. The molecule has 1 aromatic heterocycles. The topological polar surface area (TPSA) is 15.3 Å². The van der Waals surface area contributed by atoms with Gasteiger partial charge in [-0.1, -0.05) is 0 Å². The third-order valence-electron chi connectivity index (χ3n) is 3.26. The van der Waals surface area contributed by atoms with Gasteiger partial charge in [0.15, 0.2) is 0 Å². The van der Waals surface area contributed by atoms with Crippen LogP contribution in [0.4, 0.5) is 0 Å². The minimum Gasteiger partial charge on any atom is -0.310 e. The first kappa shape index (κ1) is 13.5. The highest BCUT2D eigenvalue weighted by molar-refractivity contribution is 9.11. The zero-order valence-electron chi connectivity index (χ0n) is 10.6. The summed E-state index contributed by atoms with van der Waals surface area (Å²) in [7, 11) is 4.27. The molecule has 0 saturated carbocycles. The molecule has 0 aromatic carbocycles. The number of fused-ring (bicyclic) bond motifs is 1. The fourth-order valence-electron chi connectivity index (χ4n) is 2.40. The minimum absolute atomic E-state index is 0.587. The molecule has 1 N–H and O–H groups in total. The van der Waals surface area contributed by atoms with E-state index in [0.717, 1.165) is 6.54 Å². The van der Waals surface area contributed by atoms with Gasteiger partial charge in [-0.05, 0) is 80.4 Å². The third-order valence-corrected chi connectivity index (χ3v) is 4.97. The Balaban J connectivity index is 1.86. The van der Waals surface area contributed by atoms with Crippen molar-refractivity contribution in [3.63, 3.8) is 0 Å². The smallest absolute Gasteiger partial charge is 0.0704 e. The lowest BCUT2D eigenvalue weighted by molar-refractivity contribution is 0.379. The predicted octanol–water partition coefficient (Wildman–Crippen LogP) is 3.43. The second-order valence-electron chi connectivity index (χ2n) is 4.98. The molecular weight excluding hydrogens is 296 g/mol. The lowest BCUT2D eigenvalue weighted by Crippen LogP contribution is -2.27. The van der Waals surface area contributed by atoms with Crippen molar-refractivity contribution in [3.05, 3.63) is 20.3 Å². The molecule has 0 fully saturated rings. The van der Waals surface area contributed by atoms with Gasteiger partial charge in [0.05, 0.1) is 3.79 Å². The molecule has 17 heavy (non-hydrogen) atoms. The van der Waals surface area contributed by atoms with Gasteiger partial charge in [-0.15, -0.1) is 11.3 Å². The first-order valence-electron chi connectivity index (χ1n) is 6.33. The van der Waals surface area contributed by atoms with Crippen molar-refractivity contribution >= 4 is 27.3 Å². The van der Waals surface area contributed by atoms with Gasteiger partial charge in [0.2, 0.25) is 0 Å². The van der Waals surface area contributed by atoms with Gasteiger partial charge in [0.1, 0.15) is 0 Å². The summed E-state index contributed by atoms with van der Waals surface area (Å²) < 4.78 is 1.28. The third kappa shape index (κ3) is 3.78. The van der Waals surface area contributed by atoms with Crippen LogP contribution in [0.5, 0.6) is 0 Å². The summed E-state index contributed by atoms with van der Waals surface area (Å²) in [5.74, 6) is 0. The van der Waals surface area contributed by atoms with Crippen LogP contribution in [0.15, 0.2) is 9.85 Å². The van der Waals surface area contributed by atoms with E-state index in [1.54, 1.807) is 4.88 Å². The molecule has 2 nitrogen and oxygen atoms in total. The van der Waals surface area contributed by atoms with Crippen molar-refractivity contribution in [3.8, 4) is 0 Å². The van der Waals surface area contributed by atoms with Crippen LogP contribution >= 0.6 is 27.3 Å². The molecule has 96 valence electrons. The molecule has 1 aliphatic carbocycles. The first-order valence-corrected chi connectivity index (χ1v) is 7.94. The largest absolute Gasteiger partial charge is 0.310 e. The van der Waals surface area contributed by atoms with E-state index in [4.69, 9.17) is 0 Å². The zero-order chi connectivity index (χ0) is 12.3.